The van der Waals surface area contributed by atoms with E-state index in [1.165, 1.54) is 12.1 Å². The molecule has 0 aromatic heterocycles. The van der Waals surface area contributed by atoms with Crippen LogP contribution in [0.25, 0.3) is 0 Å². The van der Waals surface area contributed by atoms with Gasteiger partial charge >= 0.3 is 0 Å². The Balaban J connectivity index is 2.82. The van der Waals surface area contributed by atoms with Crippen LogP contribution in [0.4, 0.5) is 5.69 Å². The summed E-state index contributed by atoms with van der Waals surface area (Å²) >= 11 is 0. The topological polar surface area (TPSA) is 72.2 Å². The highest BCUT2D eigenvalue weighted by Gasteiger charge is 2.16. The molecule has 1 aromatic carbocycles. The summed E-state index contributed by atoms with van der Waals surface area (Å²) in [5, 5.41) is 8.40. The highest BCUT2D eigenvalue weighted by atomic mass is 32.2. The standard InChI is InChI=1S/C12H20N2O2S/c1-4-9-12(2,3)14-10-5-7-11(8-6-10)17(13,15)16/h5-8,14H,4,9H2,1-3H3,(H2,13,15,16). The van der Waals surface area contributed by atoms with Crippen LogP contribution in [0.5, 0.6) is 0 Å². The summed E-state index contributed by atoms with van der Waals surface area (Å²) in [6.45, 7) is 6.36. The molecule has 0 amide bonds. The lowest BCUT2D eigenvalue weighted by atomic mass is 9.98. The van der Waals surface area contributed by atoms with E-state index in [0.29, 0.717) is 0 Å². The van der Waals surface area contributed by atoms with Gasteiger partial charge in [0.15, 0.2) is 0 Å². The number of hydrogen-bond acceptors (Lipinski definition) is 3. The summed E-state index contributed by atoms with van der Waals surface area (Å²) in [4.78, 5) is 0.136. The lowest BCUT2D eigenvalue weighted by Gasteiger charge is -2.27. The van der Waals surface area contributed by atoms with Crippen molar-refractivity contribution in [1.82, 2.24) is 0 Å². The fourth-order valence-corrected chi connectivity index (χ4v) is 2.32. The van der Waals surface area contributed by atoms with E-state index in [0.717, 1.165) is 18.5 Å². The summed E-state index contributed by atoms with van der Waals surface area (Å²) in [5.74, 6) is 0. The molecule has 0 aliphatic rings. The van der Waals surface area contributed by atoms with Gasteiger partial charge < -0.3 is 5.32 Å². The van der Waals surface area contributed by atoms with Gasteiger partial charge in [0.25, 0.3) is 0 Å². The smallest absolute Gasteiger partial charge is 0.238 e. The summed E-state index contributed by atoms with van der Waals surface area (Å²) in [7, 11) is -3.60. The van der Waals surface area contributed by atoms with E-state index in [2.05, 4.69) is 26.1 Å². The largest absolute Gasteiger partial charge is 0.380 e. The third-order valence-corrected chi connectivity index (χ3v) is 3.47. The Labute approximate surface area is 103 Å². The molecule has 96 valence electrons. The predicted octanol–water partition coefficient (Wildman–Crippen LogP) is 2.32. The Morgan fingerprint density at radius 1 is 1.24 bits per heavy atom. The summed E-state index contributed by atoms with van der Waals surface area (Å²) in [6.07, 6.45) is 2.14. The van der Waals surface area contributed by atoms with Crippen LogP contribution in [0.3, 0.4) is 0 Å². The molecule has 17 heavy (non-hydrogen) atoms. The van der Waals surface area contributed by atoms with E-state index < -0.39 is 10.0 Å². The fourth-order valence-electron chi connectivity index (χ4n) is 1.81. The van der Waals surface area contributed by atoms with E-state index in [4.69, 9.17) is 5.14 Å². The van der Waals surface area contributed by atoms with Gasteiger partial charge in [0.1, 0.15) is 0 Å². The van der Waals surface area contributed by atoms with Crippen molar-refractivity contribution in [3.63, 3.8) is 0 Å². The Kier molecular flexibility index (Phi) is 4.16. The second kappa shape index (κ2) is 5.06. The molecular formula is C12H20N2O2S. The Morgan fingerprint density at radius 2 is 1.76 bits per heavy atom. The van der Waals surface area contributed by atoms with Crippen LogP contribution in [0.1, 0.15) is 33.6 Å². The van der Waals surface area contributed by atoms with E-state index in [9.17, 15) is 8.42 Å². The van der Waals surface area contributed by atoms with Crippen molar-refractivity contribution >= 4 is 15.7 Å². The van der Waals surface area contributed by atoms with Gasteiger partial charge in [-0.2, -0.15) is 0 Å². The van der Waals surface area contributed by atoms with Crippen molar-refractivity contribution in [2.24, 2.45) is 5.14 Å². The molecule has 5 heteroatoms. The molecule has 3 N–H and O–H groups in total. The number of benzene rings is 1. The van der Waals surface area contributed by atoms with Crippen molar-refractivity contribution < 1.29 is 8.42 Å². The molecule has 0 heterocycles. The maximum absolute atomic E-state index is 11.1. The SMILES string of the molecule is CCCC(C)(C)Nc1ccc(S(N)(=O)=O)cc1. The molecule has 0 spiro atoms. The third kappa shape index (κ3) is 4.36. The minimum Gasteiger partial charge on any atom is -0.380 e. The first-order valence-electron chi connectivity index (χ1n) is 5.66. The monoisotopic (exact) mass is 256 g/mol. The first-order valence-corrected chi connectivity index (χ1v) is 7.20. The van der Waals surface area contributed by atoms with Crippen molar-refractivity contribution in [3.05, 3.63) is 24.3 Å². The first-order chi connectivity index (χ1) is 7.74. The molecule has 0 saturated carbocycles. The molecule has 0 atom stereocenters. The molecule has 0 fully saturated rings. The average molecular weight is 256 g/mol. The second-order valence-electron chi connectivity index (χ2n) is 4.83. The quantitative estimate of drug-likeness (QED) is 0.849. The number of nitrogens with one attached hydrogen (secondary N) is 1. The Bertz CT molecular complexity index is 464. The maximum Gasteiger partial charge on any atom is 0.238 e. The van der Waals surface area contributed by atoms with Gasteiger partial charge in [0.05, 0.1) is 4.90 Å². The molecule has 4 nitrogen and oxygen atoms in total. The lowest BCUT2D eigenvalue weighted by Crippen LogP contribution is -2.30. The summed E-state index contributed by atoms with van der Waals surface area (Å²) in [5.41, 5.74) is 0.897. The number of hydrogen-bond donors (Lipinski definition) is 2. The molecule has 0 unspecified atom stereocenters. The van der Waals surface area contributed by atoms with Crippen LogP contribution >= 0.6 is 0 Å². The number of primary sulfonamides is 1. The zero-order valence-corrected chi connectivity index (χ0v) is 11.3. The van der Waals surface area contributed by atoms with Crippen molar-refractivity contribution in [1.29, 1.82) is 0 Å². The normalized spacial score (nSPS) is 12.5. The van der Waals surface area contributed by atoms with Crippen LogP contribution in [0, 0.1) is 0 Å². The second-order valence-corrected chi connectivity index (χ2v) is 6.39. The Morgan fingerprint density at radius 3 is 2.18 bits per heavy atom. The van der Waals surface area contributed by atoms with Gasteiger partial charge in [-0.3, -0.25) is 0 Å². The van der Waals surface area contributed by atoms with Gasteiger partial charge in [-0.1, -0.05) is 13.3 Å². The Hall–Kier alpha value is -1.07. The van der Waals surface area contributed by atoms with E-state index >= 15 is 0 Å². The zero-order chi connectivity index (χ0) is 13.1. The van der Waals surface area contributed by atoms with Gasteiger partial charge in [-0.25, -0.2) is 13.6 Å². The molecular weight excluding hydrogens is 236 g/mol. The van der Waals surface area contributed by atoms with E-state index in [1.54, 1.807) is 12.1 Å². The number of anilines is 1. The van der Waals surface area contributed by atoms with Gasteiger partial charge in [0, 0.05) is 11.2 Å². The lowest BCUT2D eigenvalue weighted by molar-refractivity contribution is 0.511. The van der Waals surface area contributed by atoms with Crippen molar-refractivity contribution in [3.8, 4) is 0 Å². The molecule has 0 aliphatic carbocycles. The van der Waals surface area contributed by atoms with Gasteiger partial charge in [-0.15, -0.1) is 0 Å². The van der Waals surface area contributed by atoms with Crippen LogP contribution in [-0.4, -0.2) is 14.0 Å². The van der Waals surface area contributed by atoms with E-state index in [1.807, 2.05) is 0 Å². The van der Waals surface area contributed by atoms with Crippen LogP contribution < -0.4 is 10.5 Å². The third-order valence-electron chi connectivity index (χ3n) is 2.54. The summed E-state index contributed by atoms with van der Waals surface area (Å²) in [6, 6.07) is 6.49. The number of nitrogens with two attached hydrogens (primary N) is 1. The van der Waals surface area contributed by atoms with Crippen molar-refractivity contribution in [2.45, 2.75) is 44.0 Å². The molecule has 0 aliphatic heterocycles. The highest BCUT2D eigenvalue weighted by Crippen LogP contribution is 2.20. The fraction of sp³-hybridized carbons (Fsp3) is 0.500. The highest BCUT2D eigenvalue weighted by molar-refractivity contribution is 7.89. The molecule has 1 rings (SSSR count). The van der Waals surface area contributed by atoms with Crippen molar-refractivity contribution in [2.75, 3.05) is 5.32 Å². The minimum atomic E-state index is -3.60. The first kappa shape index (κ1) is 14.0. The van der Waals surface area contributed by atoms with Gasteiger partial charge in [0.2, 0.25) is 10.0 Å². The van der Waals surface area contributed by atoms with E-state index in [-0.39, 0.29) is 10.4 Å². The summed E-state index contributed by atoms with van der Waals surface area (Å²) < 4.78 is 22.2. The van der Waals surface area contributed by atoms with Crippen LogP contribution in [-0.2, 0) is 10.0 Å². The average Bonchev–Trinajstić information content (AvgIpc) is 2.16. The number of rotatable bonds is 5. The van der Waals surface area contributed by atoms with Crippen LogP contribution in [0.15, 0.2) is 29.2 Å². The molecule has 1 aromatic rings. The molecule has 0 radical (unpaired) electrons. The zero-order valence-electron chi connectivity index (χ0n) is 10.5. The predicted molar refractivity (Wildman–Crippen MR) is 70.4 cm³/mol. The number of sulfonamides is 1. The maximum atomic E-state index is 11.1. The van der Waals surface area contributed by atoms with Crippen LogP contribution in [0.2, 0.25) is 0 Å². The minimum absolute atomic E-state index is 0.00213. The molecule has 0 saturated heterocycles. The molecule has 0 bridgehead atoms. The van der Waals surface area contributed by atoms with Gasteiger partial charge in [-0.05, 0) is 44.5 Å².